The molecular weight excluding hydrogens is 504 g/mol. The summed E-state index contributed by atoms with van der Waals surface area (Å²) in [6, 6.07) is 6.63. The third-order valence-corrected chi connectivity index (χ3v) is 5.81. The average molecular weight is 545 g/mol. The number of hydrogen-bond donors (Lipinski definition) is 0. The van der Waals surface area contributed by atoms with Crippen LogP contribution in [0.25, 0.3) is 0 Å². The fourth-order valence-corrected chi connectivity index (χ4v) is 4.09. The van der Waals surface area contributed by atoms with Gasteiger partial charge in [-0.1, -0.05) is 0 Å². The zero-order valence-electron chi connectivity index (χ0n) is 24.0. The highest BCUT2D eigenvalue weighted by molar-refractivity contribution is 6.00. The lowest BCUT2D eigenvalue weighted by Gasteiger charge is -2.27. The molecule has 0 radical (unpaired) electrons. The summed E-state index contributed by atoms with van der Waals surface area (Å²) in [5.74, 6) is -1.69. The first kappa shape index (κ1) is 31.6. The number of Topliss-reactive ketones (excluding diaryl/α,β-unsaturated/α-hetero) is 1. The number of hydrogen-bond acceptors (Lipinski definition) is 9. The lowest BCUT2D eigenvalue weighted by atomic mass is 9.82. The van der Waals surface area contributed by atoms with Crippen molar-refractivity contribution in [1.82, 2.24) is 4.90 Å². The Labute approximate surface area is 230 Å². The summed E-state index contributed by atoms with van der Waals surface area (Å²) in [6.45, 7) is 9.39. The third-order valence-electron chi connectivity index (χ3n) is 5.81. The number of carbonyl (C=O) groups excluding carboxylic acids is 4. The summed E-state index contributed by atoms with van der Waals surface area (Å²) in [5.41, 5.74) is -1.16. The Bertz CT molecular complexity index is 1090. The largest absolute Gasteiger partial charge is 0.478 e. The first-order valence-corrected chi connectivity index (χ1v) is 13.1. The summed E-state index contributed by atoms with van der Waals surface area (Å²) in [6.07, 6.45) is 2.61. The molecule has 1 aromatic carbocycles. The summed E-state index contributed by atoms with van der Waals surface area (Å²) >= 11 is 0. The number of esters is 2. The molecule has 0 aliphatic heterocycles. The molecule has 39 heavy (non-hydrogen) atoms. The minimum Gasteiger partial charge on any atom is -0.478 e. The average Bonchev–Trinajstić information content (AvgIpc) is 2.83. The number of carbonyl (C=O) groups is 4. The summed E-state index contributed by atoms with van der Waals surface area (Å²) in [4.78, 5) is 51.6. The zero-order chi connectivity index (χ0) is 29.4. The summed E-state index contributed by atoms with van der Waals surface area (Å²) in [5, 5.41) is 9.08. The van der Waals surface area contributed by atoms with E-state index in [1.165, 1.54) is 23.1 Å². The Kier molecular flexibility index (Phi) is 10.9. The van der Waals surface area contributed by atoms with Crippen LogP contribution >= 0.6 is 0 Å². The van der Waals surface area contributed by atoms with E-state index in [0.717, 1.165) is 0 Å². The predicted molar refractivity (Wildman–Crippen MR) is 142 cm³/mol. The Morgan fingerprint density at radius 2 is 1.38 bits per heavy atom. The van der Waals surface area contributed by atoms with Gasteiger partial charge in [-0.05, 0) is 85.4 Å². The SMILES string of the molecule is CN(CC(=O)c1ccc(OCC(=O)OC(C)(C)C)c(OCC(=O)OC(C)(C)C)c1)C(=O)C1CCC(C#N)CC1. The minimum atomic E-state index is -0.709. The lowest BCUT2D eigenvalue weighted by Crippen LogP contribution is -2.38. The topological polar surface area (TPSA) is 132 Å². The van der Waals surface area contributed by atoms with Gasteiger partial charge in [0.05, 0.1) is 12.6 Å². The highest BCUT2D eigenvalue weighted by Gasteiger charge is 2.29. The van der Waals surface area contributed by atoms with Gasteiger partial charge in [-0.25, -0.2) is 9.59 Å². The molecule has 0 saturated heterocycles. The monoisotopic (exact) mass is 544 g/mol. The molecule has 0 unspecified atom stereocenters. The lowest BCUT2D eigenvalue weighted by molar-refractivity contribution is -0.158. The highest BCUT2D eigenvalue weighted by atomic mass is 16.6. The molecule has 1 fully saturated rings. The number of likely N-dealkylation sites (N-methyl/N-ethyl adjacent to an activating group) is 1. The van der Waals surface area contributed by atoms with Crippen LogP contribution in [0.1, 0.15) is 77.6 Å². The quantitative estimate of drug-likeness (QED) is 0.315. The maximum absolute atomic E-state index is 13.1. The normalized spacial score (nSPS) is 17.4. The molecule has 2 rings (SSSR count). The molecule has 10 heteroatoms. The minimum absolute atomic E-state index is 0.0175. The van der Waals surface area contributed by atoms with E-state index in [1.54, 1.807) is 48.6 Å². The zero-order valence-corrected chi connectivity index (χ0v) is 24.0. The van der Waals surface area contributed by atoms with E-state index in [2.05, 4.69) is 6.07 Å². The molecule has 0 atom stereocenters. The molecule has 1 aromatic rings. The molecule has 1 aliphatic rings. The van der Waals surface area contributed by atoms with Crippen LogP contribution in [0, 0.1) is 23.2 Å². The molecule has 10 nitrogen and oxygen atoms in total. The van der Waals surface area contributed by atoms with Gasteiger partial charge in [-0.15, -0.1) is 0 Å². The van der Waals surface area contributed by atoms with E-state index in [1.807, 2.05) is 0 Å². The number of ketones is 1. The van der Waals surface area contributed by atoms with Crippen LogP contribution in [-0.2, 0) is 23.9 Å². The third kappa shape index (κ3) is 11.0. The van der Waals surface area contributed by atoms with Crippen molar-refractivity contribution in [3.8, 4) is 17.6 Å². The first-order chi connectivity index (χ1) is 18.1. The maximum atomic E-state index is 13.1. The van der Waals surface area contributed by atoms with Crippen LogP contribution in [0.2, 0.25) is 0 Å². The molecule has 0 heterocycles. The number of amides is 1. The summed E-state index contributed by atoms with van der Waals surface area (Å²) < 4.78 is 21.7. The van der Waals surface area contributed by atoms with Gasteiger partial charge in [0.25, 0.3) is 0 Å². The van der Waals surface area contributed by atoms with Gasteiger partial charge in [-0.2, -0.15) is 5.26 Å². The molecule has 0 aromatic heterocycles. The fourth-order valence-electron chi connectivity index (χ4n) is 4.09. The maximum Gasteiger partial charge on any atom is 0.344 e. The van der Waals surface area contributed by atoms with Gasteiger partial charge >= 0.3 is 11.9 Å². The van der Waals surface area contributed by atoms with Crippen molar-refractivity contribution in [3.63, 3.8) is 0 Å². The van der Waals surface area contributed by atoms with Gasteiger partial charge in [0.2, 0.25) is 5.91 Å². The number of nitrogens with zero attached hydrogens (tertiary/aromatic N) is 2. The summed E-state index contributed by atoms with van der Waals surface area (Å²) in [7, 11) is 1.58. The van der Waals surface area contributed by atoms with E-state index in [4.69, 9.17) is 24.2 Å². The first-order valence-electron chi connectivity index (χ1n) is 13.1. The van der Waals surface area contributed by atoms with Crippen LogP contribution in [0.5, 0.6) is 11.5 Å². The number of benzene rings is 1. The predicted octanol–water partition coefficient (Wildman–Crippen LogP) is 4.10. The Balaban J connectivity index is 2.13. The van der Waals surface area contributed by atoms with Crippen LogP contribution in [0.3, 0.4) is 0 Å². The van der Waals surface area contributed by atoms with Crippen LogP contribution in [0.4, 0.5) is 0 Å². The second-order valence-electron chi connectivity index (χ2n) is 11.7. The Hall–Kier alpha value is -3.61. The molecule has 214 valence electrons. The second-order valence-corrected chi connectivity index (χ2v) is 11.7. The van der Waals surface area contributed by atoms with Crippen molar-refractivity contribution in [2.75, 3.05) is 26.8 Å². The Morgan fingerprint density at radius 3 is 1.87 bits per heavy atom. The van der Waals surface area contributed by atoms with Gasteiger partial charge in [-0.3, -0.25) is 9.59 Å². The van der Waals surface area contributed by atoms with Crippen LogP contribution < -0.4 is 9.47 Å². The van der Waals surface area contributed by atoms with E-state index in [9.17, 15) is 19.2 Å². The van der Waals surface area contributed by atoms with Crippen molar-refractivity contribution >= 4 is 23.6 Å². The van der Waals surface area contributed by atoms with Gasteiger partial charge in [0.15, 0.2) is 30.5 Å². The fraction of sp³-hybridized carbons (Fsp3) is 0.621. The molecule has 1 aliphatic carbocycles. The van der Waals surface area contributed by atoms with E-state index in [-0.39, 0.29) is 47.1 Å². The van der Waals surface area contributed by atoms with Gasteiger partial charge in [0, 0.05) is 24.4 Å². The number of rotatable bonds is 10. The highest BCUT2D eigenvalue weighted by Crippen LogP contribution is 2.31. The van der Waals surface area contributed by atoms with Crippen molar-refractivity contribution in [1.29, 1.82) is 5.26 Å². The molecule has 1 saturated carbocycles. The Morgan fingerprint density at radius 1 is 0.872 bits per heavy atom. The van der Waals surface area contributed by atoms with Crippen LogP contribution in [0.15, 0.2) is 18.2 Å². The van der Waals surface area contributed by atoms with Crippen molar-refractivity contribution in [3.05, 3.63) is 23.8 Å². The van der Waals surface area contributed by atoms with Crippen LogP contribution in [-0.4, -0.2) is 66.5 Å². The molecule has 0 bridgehead atoms. The van der Waals surface area contributed by atoms with Crippen molar-refractivity contribution < 1.29 is 38.1 Å². The molecule has 1 amide bonds. The molecular formula is C29H40N2O8. The molecule has 0 N–H and O–H groups in total. The number of ether oxygens (including phenoxy) is 4. The van der Waals surface area contributed by atoms with Gasteiger partial charge < -0.3 is 23.8 Å². The van der Waals surface area contributed by atoms with Crippen molar-refractivity contribution in [2.45, 2.75) is 78.4 Å². The van der Waals surface area contributed by atoms with Gasteiger partial charge in [0.1, 0.15) is 11.2 Å². The second kappa shape index (κ2) is 13.5. The smallest absolute Gasteiger partial charge is 0.344 e. The number of nitriles is 1. The van der Waals surface area contributed by atoms with Crippen molar-refractivity contribution in [2.24, 2.45) is 11.8 Å². The molecule has 0 spiro atoms. The van der Waals surface area contributed by atoms with E-state index < -0.39 is 36.4 Å². The van der Waals surface area contributed by atoms with E-state index >= 15 is 0 Å². The standard InChI is InChI=1S/C29H40N2O8/c1-28(2,3)38-25(33)17-36-23-13-12-21(14-24(23)37-18-26(34)39-29(4,5)6)22(32)16-31(7)27(35)20-10-8-19(15-30)9-11-20/h12-14,19-20H,8-11,16-18H2,1-7H3. The van der Waals surface area contributed by atoms with E-state index in [0.29, 0.717) is 25.7 Å².